The topological polar surface area (TPSA) is 93.5 Å². The van der Waals surface area contributed by atoms with Crippen LogP contribution in [0.4, 0.5) is 0 Å². The molecular weight excluding hydrogens is 318 g/mol. The van der Waals surface area contributed by atoms with Gasteiger partial charge in [0.2, 0.25) is 0 Å². The van der Waals surface area contributed by atoms with E-state index in [1.54, 1.807) is 7.11 Å². The van der Waals surface area contributed by atoms with Gasteiger partial charge in [0.05, 0.1) is 6.54 Å². The van der Waals surface area contributed by atoms with Crippen molar-refractivity contribution in [2.45, 2.75) is 42.5 Å². The van der Waals surface area contributed by atoms with Gasteiger partial charge >= 0.3 is 5.97 Å². The third kappa shape index (κ3) is 4.62. The Morgan fingerprint density at radius 1 is 1.39 bits per heavy atom. The van der Waals surface area contributed by atoms with Gasteiger partial charge in [0.15, 0.2) is 6.10 Å². The van der Waals surface area contributed by atoms with Gasteiger partial charge in [-0.15, -0.1) is 0 Å². The van der Waals surface area contributed by atoms with Gasteiger partial charge in [-0.1, -0.05) is 34.6 Å². The number of rotatable bonds is 6. The van der Waals surface area contributed by atoms with Crippen LogP contribution in [0.2, 0.25) is 0 Å². The molecule has 0 N–H and O–H groups in total. The third-order valence-corrected chi connectivity index (χ3v) is 4.60. The molecule has 0 amide bonds. The van der Waals surface area contributed by atoms with Crippen LogP contribution in [0, 0.1) is 6.92 Å². The molecule has 8 heteroatoms. The fraction of sp³-hybridized carbons (Fsp3) is 0.533. The Hall–Kier alpha value is -1.73. The van der Waals surface area contributed by atoms with Crippen molar-refractivity contribution in [1.29, 1.82) is 0 Å². The molecule has 1 heterocycles. The highest BCUT2D eigenvalue weighted by atomic mass is 32.2. The Morgan fingerprint density at radius 2 is 2.09 bits per heavy atom. The highest BCUT2D eigenvalue weighted by Crippen LogP contribution is 2.37. The molecule has 1 saturated heterocycles. The number of hydrogen-bond acceptors (Lipinski definition) is 6. The van der Waals surface area contributed by atoms with E-state index in [-0.39, 0.29) is 12.0 Å². The Balaban J connectivity index is 2.16. The first-order chi connectivity index (χ1) is 11.0. The normalized spacial score (nSPS) is 26.6. The van der Waals surface area contributed by atoms with Crippen molar-refractivity contribution >= 4 is 17.7 Å². The highest BCUT2D eigenvalue weighted by molar-refractivity contribution is 7.99. The molecule has 0 spiro atoms. The second kappa shape index (κ2) is 8.21. The van der Waals surface area contributed by atoms with Crippen LogP contribution >= 0.6 is 11.8 Å². The van der Waals surface area contributed by atoms with Gasteiger partial charge in [-0.3, -0.25) is 4.79 Å². The van der Waals surface area contributed by atoms with Crippen molar-refractivity contribution in [3.8, 4) is 0 Å². The number of hydrogen-bond donors (Lipinski definition) is 0. The van der Waals surface area contributed by atoms with E-state index >= 15 is 0 Å². The molecule has 0 radical (unpaired) electrons. The number of thioether (sulfide) groups is 1. The number of carbonyl (C=O) groups is 1. The Morgan fingerprint density at radius 3 is 2.65 bits per heavy atom. The Kier molecular flexibility index (Phi) is 6.29. The molecule has 1 aliphatic heterocycles. The van der Waals surface area contributed by atoms with E-state index in [0.29, 0.717) is 0 Å². The van der Waals surface area contributed by atoms with Crippen molar-refractivity contribution in [1.82, 2.24) is 0 Å². The van der Waals surface area contributed by atoms with Gasteiger partial charge in [-0.05, 0) is 24.6 Å². The van der Waals surface area contributed by atoms with Gasteiger partial charge in [0, 0.05) is 23.8 Å². The van der Waals surface area contributed by atoms with E-state index in [2.05, 4.69) is 10.0 Å². The average molecular weight is 337 g/mol. The zero-order valence-corrected chi connectivity index (χ0v) is 14.0. The van der Waals surface area contributed by atoms with Crippen molar-refractivity contribution < 1.29 is 19.0 Å². The smallest absolute Gasteiger partial charge is 0.303 e. The van der Waals surface area contributed by atoms with E-state index in [1.807, 2.05) is 31.2 Å². The van der Waals surface area contributed by atoms with Gasteiger partial charge < -0.3 is 14.2 Å². The van der Waals surface area contributed by atoms with E-state index in [4.69, 9.17) is 19.7 Å². The van der Waals surface area contributed by atoms with E-state index in [1.165, 1.54) is 24.2 Å². The van der Waals surface area contributed by atoms with Crippen molar-refractivity contribution in [2.24, 2.45) is 5.11 Å². The standard InChI is InChI=1S/C15H19N3O4S/c1-9-4-6-11(7-5-9)23-15-14(20-3)13(21-10(2)19)12(22-15)8-17-18-16/h4-7,12-15H,8H2,1-3H3/t12-,13-,14-,15+/m1/s1. The molecule has 1 aromatic carbocycles. The van der Waals surface area contributed by atoms with Crippen molar-refractivity contribution in [2.75, 3.05) is 13.7 Å². The van der Waals surface area contributed by atoms with Crippen LogP contribution in [0.1, 0.15) is 12.5 Å². The SMILES string of the molecule is CO[C@@H]1[C@H](OC(C)=O)[C@@H](CN=[N+]=[N-])O[C@H]1Sc1ccc(C)cc1. The maximum absolute atomic E-state index is 11.3. The lowest BCUT2D eigenvalue weighted by Gasteiger charge is -2.21. The predicted molar refractivity (Wildman–Crippen MR) is 86.1 cm³/mol. The quantitative estimate of drug-likeness (QED) is 0.344. The number of benzene rings is 1. The first-order valence-electron chi connectivity index (χ1n) is 7.14. The summed E-state index contributed by atoms with van der Waals surface area (Å²) in [6.07, 6.45) is -1.57. The molecule has 4 atom stereocenters. The van der Waals surface area contributed by atoms with Crippen LogP contribution in [0.5, 0.6) is 0 Å². The summed E-state index contributed by atoms with van der Waals surface area (Å²) >= 11 is 1.49. The lowest BCUT2D eigenvalue weighted by molar-refractivity contribution is -0.153. The first-order valence-corrected chi connectivity index (χ1v) is 8.02. The second-order valence-corrected chi connectivity index (χ2v) is 6.33. The largest absolute Gasteiger partial charge is 0.457 e. The summed E-state index contributed by atoms with van der Waals surface area (Å²) in [4.78, 5) is 15.1. The molecule has 0 aliphatic carbocycles. The molecule has 2 rings (SSSR count). The van der Waals surface area contributed by atoms with Crippen molar-refractivity contribution in [3.05, 3.63) is 40.3 Å². The lowest BCUT2D eigenvalue weighted by Crippen LogP contribution is -2.38. The van der Waals surface area contributed by atoms with Gasteiger partial charge in [0.25, 0.3) is 0 Å². The Labute approximate surface area is 138 Å². The molecule has 23 heavy (non-hydrogen) atoms. The predicted octanol–water partition coefficient (Wildman–Crippen LogP) is 3.07. The number of methoxy groups -OCH3 is 1. The van der Waals surface area contributed by atoms with E-state index < -0.39 is 24.3 Å². The van der Waals surface area contributed by atoms with Crippen LogP contribution in [-0.4, -0.2) is 43.4 Å². The average Bonchev–Trinajstić information content (AvgIpc) is 2.83. The van der Waals surface area contributed by atoms with Crippen LogP contribution < -0.4 is 0 Å². The summed E-state index contributed by atoms with van der Waals surface area (Å²) in [7, 11) is 1.54. The number of carbonyl (C=O) groups excluding carboxylic acids is 1. The van der Waals surface area contributed by atoms with Crippen LogP contribution in [-0.2, 0) is 19.0 Å². The lowest BCUT2D eigenvalue weighted by atomic mass is 10.1. The summed E-state index contributed by atoms with van der Waals surface area (Å²) in [6.45, 7) is 3.43. The molecule has 7 nitrogen and oxygen atoms in total. The summed E-state index contributed by atoms with van der Waals surface area (Å²) in [6, 6.07) is 8.02. The second-order valence-electron chi connectivity index (χ2n) is 5.16. The Bertz CT molecular complexity index is 589. The zero-order chi connectivity index (χ0) is 16.8. The van der Waals surface area contributed by atoms with Gasteiger partial charge in [-0.25, -0.2) is 0 Å². The summed E-state index contributed by atoms with van der Waals surface area (Å²) in [5, 5.41) is 3.53. The van der Waals surface area contributed by atoms with Crippen LogP contribution in [0.3, 0.4) is 0 Å². The monoisotopic (exact) mass is 337 g/mol. The van der Waals surface area contributed by atoms with Crippen LogP contribution in [0.25, 0.3) is 10.4 Å². The summed E-state index contributed by atoms with van der Waals surface area (Å²) in [5.74, 6) is -0.424. The fourth-order valence-electron chi connectivity index (χ4n) is 2.38. The molecule has 0 bridgehead atoms. The fourth-order valence-corrected chi connectivity index (χ4v) is 3.54. The number of nitrogens with zero attached hydrogens (tertiary/aromatic N) is 3. The highest BCUT2D eigenvalue weighted by Gasteiger charge is 2.47. The molecule has 0 aromatic heterocycles. The molecule has 1 aromatic rings. The molecule has 0 unspecified atom stereocenters. The molecular formula is C15H19N3O4S. The molecule has 124 valence electrons. The first kappa shape index (κ1) is 17.6. The number of aryl methyl sites for hydroxylation is 1. The molecule has 1 fully saturated rings. The number of esters is 1. The van der Waals surface area contributed by atoms with E-state index in [0.717, 1.165) is 4.90 Å². The minimum atomic E-state index is -0.606. The number of ether oxygens (including phenoxy) is 3. The summed E-state index contributed by atoms with van der Waals surface area (Å²) < 4.78 is 16.7. The zero-order valence-electron chi connectivity index (χ0n) is 13.2. The maximum Gasteiger partial charge on any atom is 0.303 e. The van der Waals surface area contributed by atoms with E-state index in [9.17, 15) is 4.79 Å². The molecule has 0 saturated carbocycles. The molecule has 1 aliphatic rings. The van der Waals surface area contributed by atoms with Gasteiger partial charge in [-0.2, -0.15) is 0 Å². The maximum atomic E-state index is 11.3. The minimum Gasteiger partial charge on any atom is -0.457 e. The number of azide groups is 1. The van der Waals surface area contributed by atoms with Crippen molar-refractivity contribution in [3.63, 3.8) is 0 Å². The van der Waals surface area contributed by atoms with Crippen LogP contribution in [0.15, 0.2) is 34.3 Å². The minimum absolute atomic E-state index is 0.0826. The third-order valence-electron chi connectivity index (χ3n) is 3.44. The van der Waals surface area contributed by atoms with Gasteiger partial charge in [0.1, 0.15) is 17.6 Å². The summed E-state index contributed by atoms with van der Waals surface area (Å²) in [5.41, 5.74) is 9.32.